The van der Waals surface area contributed by atoms with E-state index in [4.69, 9.17) is 23.2 Å². The molecule has 0 aliphatic carbocycles. The topological polar surface area (TPSA) is 29.1 Å². The van der Waals surface area contributed by atoms with Crippen molar-refractivity contribution >= 4 is 29.1 Å². The molecule has 0 heterocycles. The Kier molecular flexibility index (Phi) is 5.42. The summed E-state index contributed by atoms with van der Waals surface area (Å²) in [6.07, 6.45) is 0. The summed E-state index contributed by atoms with van der Waals surface area (Å²) < 4.78 is -1.31. The molecular weight excluding hydrogens is 353 g/mol. The summed E-state index contributed by atoms with van der Waals surface area (Å²) in [7, 11) is 0. The zero-order valence-corrected chi connectivity index (χ0v) is 14.9. The van der Waals surface area contributed by atoms with Gasteiger partial charge in [0.15, 0.2) is 4.33 Å². The van der Waals surface area contributed by atoms with Crippen molar-refractivity contribution in [3.63, 3.8) is 0 Å². The van der Waals surface area contributed by atoms with Crippen LogP contribution in [0.5, 0.6) is 0 Å². The quantitative estimate of drug-likeness (QED) is 0.592. The molecule has 3 rings (SSSR count). The number of benzene rings is 3. The molecule has 2 nitrogen and oxygen atoms in total. The fraction of sp³-hybridized carbons (Fsp3) is 0.0952. The lowest BCUT2D eigenvalue weighted by Crippen LogP contribution is -2.38. The van der Waals surface area contributed by atoms with Gasteiger partial charge in [-0.3, -0.25) is 4.79 Å². The molecule has 3 aromatic rings. The van der Waals surface area contributed by atoms with E-state index < -0.39 is 10.4 Å². The largest absolute Gasteiger partial charge is 0.342 e. The summed E-state index contributed by atoms with van der Waals surface area (Å²) >= 11 is 13.5. The number of halogens is 2. The summed E-state index contributed by atoms with van der Waals surface area (Å²) in [4.78, 5) is 12.7. The monoisotopic (exact) mass is 369 g/mol. The molecule has 0 saturated carbocycles. The average Bonchev–Trinajstić information content (AvgIpc) is 2.68. The molecule has 0 radical (unpaired) electrons. The highest BCUT2D eigenvalue weighted by atomic mass is 35.5. The zero-order valence-electron chi connectivity index (χ0n) is 13.4. The van der Waals surface area contributed by atoms with Crippen molar-refractivity contribution in [3.8, 4) is 0 Å². The number of alkyl halides is 2. The Morgan fingerprint density at radius 3 is 1.80 bits per heavy atom. The van der Waals surface area contributed by atoms with Gasteiger partial charge in [-0.05, 0) is 23.3 Å². The number of amides is 1. The van der Waals surface area contributed by atoms with Gasteiger partial charge in [0.25, 0.3) is 5.91 Å². The first kappa shape index (κ1) is 17.5. The first-order chi connectivity index (χ1) is 12.1. The van der Waals surface area contributed by atoms with Crippen LogP contribution in [0.2, 0.25) is 0 Å². The number of rotatable bonds is 5. The second-order valence-electron chi connectivity index (χ2n) is 5.67. The van der Waals surface area contributed by atoms with Crippen molar-refractivity contribution in [1.29, 1.82) is 0 Å². The highest BCUT2D eigenvalue weighted by Crippen LogP contribution is 2.45. The molecule has 1 atom stereocenters. The summed E-state index contributed by atoms with van der Waals surface area (Å²) in [6, 6.07) is 27.2. The Balaban J connectivity index is 1.98. The number of hydrogen-bond donors (Lipinski definition) is 1. The van der Waals surface area contributed by atoms with Gasteiger partial charge in [0.2, 0.25) is 0 Å². The minimum absolute atomic E-state index is 0.226. The van der Waals surface area contributed by atoms with E-state index in [0.717, 1.165) is 11.1 Å². The minimum Gasteiger partial charge on any atom is -0.342 e. The van der Waals surface area contributed by atoms with Gasteiger partial charge in [-0.2, -0.15) is 0 Å². The molecule has 0 aromatic heterocycles. The third kappa shape index (κ3) is 4.04. The minimum atomic E-state index is -1.31. The standard InChI is InChI=1S/C21H17Cl2NO/c22-21(23,18-14-8-3-9-15-18)19(16-10-4-1-5-11-16)24-20(25)17-12-6-2-7-13-17/h1-15,19H,(H,24,25)/t19-/m0/s1. The highest BCUT2D eigenvalue weighted by Gasteiger charge is 2.39. The van der Waals surface area contributed by atoms with Crippen LogP contribution < -0.4 is 5.32 Å². The van der Waals surface area contributed by atoms with Gasteiger partial charge in [0.1, 0.15) is 0 Å². The first-order valence-corrected chi connectivity index (χ1v) is 8.69. The van der Waals surface area contributed by atoms with Crippen LogP contribution >= 0.6 is 23.2 Å². The molecule has 0 fully saturated rings. The third-order valence-corrected chi connectivity index (χ3v) is 4.84. The lowest BCUT2D eigenvalue weighted by Gasteiger charge is -2.31. The Labute approximate surface area is 157 Å². The molecule has 0 aliphatic rings. The van der Waals surface area contributed by atoms with Gasteiger partial charge in [0.05, 0.1) is 6.04 Å². The fourth-order valence-electron chi connectivity index (χ4n) is 2.66. The smallest absolute Gasteiger partial charge is 0.251 e. The van der Waals surface area contributed by atoms with Gasteiger partial charge >= 0.3 is 0 Å². The van der Waals surface area contributed by atoms with Crippen LogP contribution in [0.15, 0.2) is 91.0 Å². The van der Waals surface area contributed by atoms with Crippen molar-refractivity contribution in [1.82, 2.24) is 5.32 Å². The lowest BCUT2D eigenvalue weighted by atomic mass is 9.97. The third-order valence-electron chi connectivity index (χ3n) is 3.97. The van der Waals surface area contributed by atoms with Crippen molar-refractivity contribution < 1.29 is 4.79 Å². The van der Waals surface area contributed by atoms with Gasteiger partial charge in [-0.1, -0.05) is 102 Å². The maximum Gasteiger partial charge on any atom is 0.251 e. The van der Waals surface area contributed by atoms with E-state index in [1.54, 1.807) is 12.1 Å². The fourth-order valence-corrected chi connectivity index (χ4v) is 3.27. The van der Waals surface area contributed by atoms with E-state index in [0.29, 0.717) is 5.56 Å². The van der Waals surface area contributed by atoms with Gasteiger partial charge < -0.3 is 5.32 Å². The van der Waals surface area contributed by atoms with Crippen LogP contribution in [0.25, 0.3) is 0 Å². The van der Waals surface area contributed by atoms with E-state index in [2.05, 4.69) is 5.32 Å². The molecule has 1 N–H and O–H groups in total. The Morgan fingerprint density at radius 2 is 1.24 bits per heavy atom. The summed E-state index contributed by atoms with van der Waals surface area (Å²) in [6.45, 7) is 0. The molecule has 0 unspecified atom stereocenters. The van der Waals surface area contributed by atoms with Gasteiger partial charge in [-0.25, -0.2) is 0 Å². The summed E-state index contributed by atoms with van der Waals surface area (Å²) in [5.74, 6) is -0.226. The van der Waals surface area contributed by atoms with E-state index in [1.165, 1.54) is 0 Å². The maximum atomic E-state index is 12.7. The molecule has 25 heavy (non-hydrogen) atoms. The Bertz CT molecular complexity index is 820. The number of carbonyl (C=O) groups is 1. The second-order valence-corrected chi connectivity index (χ2v) is 7.06. The van der Waals surface area contributed by atoms with Crippen molar-refractivity contribution in [2.75, 3.05) is 0 Å². The van der Waals surface area contributed by atoms with Crippen molar-refractivity contribution in [2.45, 2.75) is 10.4 Å². The summed E-state index contributed by atoms with van der Waals surface area (Å²) in [5, 5.41) is 2.99. The lowest BCUT2D eigenvalue weighted by molar-refractivity contribution is 0.0932. The predicted octanol–water partition coefficient (Wildman–Crippen LogP) is 5.49. The van der Waals surface area contributed by atoms with Gasteiger partial charge in [-0.15, -0.1) is 0 Å². The number of carbonyl (C=O) groups excluding carboxylic acids is 1. The first-order valence-electron chi connectivity index (χ1n) is 7.93. The Hall–Kier alpha value is -2.29. The van der Waals surface area contributed by atoms with E-state index in [-0.39, 0.29) is 5.91 Å². The second kappa shape index (κ2) is 7.73. The molecule has 0 spiro atoms. The zero-order chi connectivity index (χ0) is 17.7. The van der Waals surface area contributed by atoms with E-state index in [1.807, 2.05) is 78.9 Å². The van der Waals surface area contributed by atoms with Crippen LogP contribution in [-0.2, 0) is 4.33 Å². The van der Waals surface area contributed by atoms with Crippen LogP contribution in [0, 0.1) is 0 Å². The maximum absolute atomic E-state index is 12.7. The van der Waals surface area contributed by atoms with E-state index in [9.17, 15) is 4.79 Å². The number of nitrogens with one attached hydrogen (secondary N) is 1. The molecule has 0 saturated heterocycles. The predicted molar refractivity (Wildman–Crippen MR) is 103 cm³/mol. The molecule has 0 aliphatic heterocycles. The molecule has 0 bridgehead atoms. The SMILES string of the molecule is O=C(N[C@@H](c1ccccc1)C(Cl)(Cl)c1ccccc1)c1ccccc1. The molecular formula is C21H17Cl2NO. The van der Waals surface area contributed by atoms with Crippen LogP contribution in [0.3, 0.4) is 0 Å². The average molecular weight is 370 g/mol. The van der Waals surface area contributed by atoms with Crippen LogP contribution in [0.1, 0.15) is 27.5 Å². The Morgan fingerprint density at radius 1 is 0.760 bits per heavy atom. The number of hydrogen-bond acceptors (Lipinski definition) is 1. The molecule has 126 valence electrons. The van der Waals surface area contributed by atoms with Crippen molar-refractivity contribution in [2.24, 2.45) is 0 Å². The van der Waals surface area contributed by atoms with Crippen LogP contribution in [0.4, 0.5) is 0 Å². The molecule has 1 amide bonds. The van der Waals surface area contributed by atoms with Gasteiger partial charge in [0, 0.05) is 5.56 Å². The van der Waals surface area contributed by atoms with Crippen LogP contribution in [-0.4, -0.2) is 5.91 Å². The van der Waals surface area contributed by atoms with E-state index >= 15 is 0 Å². The normalized spacial score (nSPS) is 12.4. The molecule has 4 heteroatoms. The molecule has 3 aromatic carbocycles. The summed E-state index contributed by atoms with van der Waals surface area (Å²) in [5.41, 5.74) is 2.11. The highest BCUT2D eigenvalue weighted by molar-refractivity contribution is 6.48. The van der Waals surface area contributed by atoms with Crippen molar-refractivity contribution in [3.05, 3.63) is 108 Å².